The second-order valence-corrected chi connectivity index (χ2v) is 3.62. The predicted octanol–water partition coefficient (Wildman–Crippen LogP) is 0.0282. The highest BCUT2D eigenvalue weighted by Crippen LogP contribution is 2.28. The van der Waals surface area contributed by atoms with Crippen LogP contribution in [0.25, 0.3) is 12.2 Å². The van der Waals surface area contributed by atoms with Crippen LogP contribution in [0.15, 0.2) is 34.1 Å². The summed E-state index contributed by atoms with van der Waals surface area (Å²) in [5.41, 5.74) is 3.28. The van der Waals surface area contributed by atoms with Gasteiger partial charge in [0.05, 0.1) is 11.0 Å². The molecule has 0 unspecified atom stereocenters. The topological polar surface area (TPSA) is 61.0 Å². The zero-order valence-electron chi connectivity index (χ0n) is 8.45. The van der Waals surface area contributed by atoms with E-state index in [4.69, 9.17) is 0 Å². The molecule has 3 rings (SSSR count). The highest BCUT2D eigenvalue weighted by atomic mass is 16.1. The SMILES string of the molecule is C=c1[nH]c(=C2C=Nc3ccccc32)[nH]c1=O. The van der Waals surface area contributed by atoms with Crippen molar-refractivity contribution in [2.24, 2.45) is 4.99 Å². The fourth-order valence-corrected chi connectivity index (χ4v) is 1.78. The van der Waals surface area contributed by atoms with Gasteiger partial charge in [-0.25, -0.2) is 0 Å². The first-order valence-electron chi connectivity index (χ1n) is 4.91. The Morgan fingerprint density at radius 2 is 2.00 bits per heavy atom. The lowest BCUT2D eigenvalue weighted by Crippen LogP contribution is -2.20. The molecule has 2 aromatic rings. The molecule has 1 aromatic heterocycles. The maximum Gasteiger partial charge on any atom is 0.272 e. The minimum atomic E-state index is -0.194. The molecule has 0 saturated carbocycles. The molecule has 78 valence electrons. The van der Waals surface area contributed by atoms with Gasteiger partial charge in [0, 0.05) is 17.4 Å². The molecule has 0 atom stereocenters. The molecule has 4 heteroatoms. The molecule has 1 aliphatic heterocycles. The van der Waals surface area contributed by atoms with Crippen molar-refractivity contribution in [3.63, 3.8) is 0 Å². The van der Waals surface area contributed by atoms with Gasteiger partial charge in [0.2, 0.25) is 0 Å². The molecule has 0 amide bonds. The van der Waals surface area contributed by atoms with E-state index in [0.717, 1.165) is 16.8 Å². The Morgan fingerprint density at radius 3 is 2.75 bits per heavy atom. The lowest BCUT2D eigenvalue weighted by Gasteiger charge is -1.95. The average molecular weight is 211 g/mol. The number of hydrogen-bond donors (Lipinski definition) is 2. The number of H-pyrrole nitrogens is 2. The fourth-order valence-electron chi connectivity index (χ4n) is 1.78. The van der Waals surface area contributed by atoms with E-state index in [2.05, 4.69) is 21.5 Å². The molecular formula is C12H9N3O. The molecule has 1 aromatic carbocycles. The first-order chi connectivity index (χ1) is 7.75. The van der Waals surface area contributed by atoms with Gasteiger partial charge in [0.15, 0.2) is 0 Å². The summed E-state index contributed by atoms with van der Waals surface area (Å²) in [4.78, 5) is 21.2. The molecule has 0 aliphatic carbocycles. The van der Waals surface area contributed by atoms with Crippen molar-refractivity contribution < 1.29 is 0 Å². The lowest BCUT2D eigenvalue weighted by molar-refractivity contribution is 1.18. The number of imidazole rings is 1. The second-order valence-electron chi connectivity index (χ2n) is 3.62. The molecule has 0 saturated heterocycles. The zero-order chi connectivity index (χ0) is 11.1. The van der Waals surface area contributed by atoms with Crippen LogP contribution in [-0.4, -0.2) is 16.2 Å². The van der Waals surface area contributed by atoms with Gasteiger partial charge in [-0.05, 0) is 6.07 Å². The third kappa shape index (κ3) is 1.16. The molecule has 1 aliphatic rings. The van der Waals surface area contributed by atoms with Crippen molar-refractivity contribution in [2.45, 2.75) is 0 Å². The summed E-state index contributed by atoms with van der Waals surface area (Å²) in [7, 11) is 0. The van der Waals surface area contributed by atoms with Gasteiger partial charge in [-0.2, -0.15) is 0 Å². The first-order valence-corrected chi connectivity index (χ1v) is 4.91. The Balaban J connectivity index is 2.40. The van der Waals surface area contributed by atoms with Gasteiger partial charge in [-0.15, -0.1) is 0 Å². The van der Waals surface area contributed by atoms with Crippen molar-refractivity contribution in [3.8, 4) is 0 Å². The summed E-state index contributed by atoms with van der Waals surface area (Å²) < 4.78 is 0. The van der Waals surface area contributed by atoms with Crippen LogP contribution in [0, 0.1) is 0 Å². The number of nitrogens with zero attached hydrogens (tertiary/aromatic N) is 1. The van der Waals surface area contributed by atoms with E-state index in [9.17, 15) is 4.79 Å². The minimum Gasteiger partial charge on any atom is -0.337 e. The molecule has 0 radical (unpaired) electrons. The van der Waals surface area contributed by atoms with E-state index in [1.54, 1.807) is 6.21 Å². The van der Waals surface area contributed by atoms with Gasteiger partial charge in [0.25, 0.3) is 5.56 Å². The van der Waals surface area contributed by atoms with E-state index in [1.807, 2.05) is 24.3 Å². The molecule has 2 N–H and O–H groups in total. The minimum absolute atomic E-state index is 0.194. The Hall–Kier alpha value is -2.36. The Bertz CT molecular complexity index is 719. The third-order valence-corrected chi connectivity index (χ3v) is 2.58. The Kier molecular flexibility index (Phi) is 1.71. The van der Waals surface area contributed by atoms with E-state index in [0.29, 0.717) is 10.8 Å². The van der Waals surface area contributed by atoms with Crippen molar-refractivity contribution in [3.05, 3.63) is 51.0 Å². The normalized spacial score (nSPS) is 16.5. The van der Waals surface area contributed by atoms with Crippen LogP contribution in [0.2, 0.25) is 0 Å². The van der Waals surface area contributed by atoms with Crippen LogP contribution in [0.4, 0.5) is 5.69 Å². The first kappa shape index (κ1) is 8.91. The highest BCUT2D eigenvalue weighted by molar-refractivity contribution is 6.15. The number of fused-ring (bicyclic) bond motifs is 1. The maximum atomic E-state index is 11.3. The fraction of sp³-hybridized carbons (Fsp3) is 0. The third-order valence-electron chi connectivity index (χ3n) is 2.58. The monoisotopic (exact) mass is 211 g/mol. The molecular weight excluding hydrogens is 202 g/mol. The van der Waals surface area contributed by atoms with Crippen molar-refractivity contribution in [1.82, 2.24) is 9.97 Å². The number of rotatable bonds is 0. The van der Waals surface area contributed by atoms with Crippen LogP contribution in [0.3, 0.4) is 0 Å². The average Bonchev–Trinajstić information content (AvgIpc) is 2.83. The molecule has 0 fully saturated rings. The van der Waals surface area contributed by atoms with Crippen LogP contribution in [-0.2, 0) is 0 Å². The highest BCUT2D eigenvalue weighted by Gasteiger charge is 2.12. The number of aromatic amines is 2. The summed E-state index contributed by atoms with van der Waals surface area (Å²) in [6, 6.07) is 7.79. The van der Waals surface area contributed by atoms with Gasteiger partial charge >= 0.3 is 0 Å². The summed E-state index contributed by atoms with van der Waals surface area (Å²) in [5.74, 6) is 0. The summed E-state index contributed by atoms with van der Waals surface area (Å²) in [5, 5.41) is 0.361. The van der Waals surface area contributed by atoms with Gasteiger partial charge < -0.3 is 9.97 Å². The number of para-hydroxylation sites is 1. The van der Waals surface area contributed by atoms with Gasteiger partial charge in [0.1, 0.15) is 5.48 Å². The Morgan fingerprint density at radius 1 is 1.19 bits per heavy atom. The van der Waals surface area contributed by atoms with E-state index in [-0.39, 0.29) is 5.56 Å². The van der Waals surface area contributed by atoms with Crippen molar-refractivity contribution in [2.75, 3.05) is 0 Å². The zero-order valence-corrected chi connectivity index (χ0v) is 8.45. The number of aliphatic imine (C=N–C) groups is 1. The number of hydrogen-bond acceptors (Lipinski definition) is 2. The summed E-state index contributed by atoms with van der Waals surface area (Å²) >= 11 is 0. The number of aromatic nitrogens is 2. The Labute approximate surface area is 90.7 Å². The largest absolute Gasteiger partial charge is 0.337 e. The van der Waals surface area contributed by atoms with Gasteiger partial charge in [-0.1, -0.05) is 24.8 Å². The molecule has 0 spiro atoms. The summed E-state index contributed by atoms with van der Waals surface area (Å²) in [6.07, 6.45) is 1.74. The van der Waals surface area contributed by atoms with E-state index in [1.165, 1.54) is 0 Å². The van der Waals surface area contributed by atoms with Crippen LogP contribution in [0.5, 0.6) is 0 Å². The number of benzene rings is 1. The van der Waals surface area contributed by atoms with Gasteiger partial charge in [-0.3, -0.25) is 9.79 Å². The quantitative estimate of drug-likeness (QED) is 0.634. The molecule has 2 heterocycles. The molecule has 0 bridgehead atoms. The lowest BCUT2D eigenvalue weighted by atomic mass is 10.1. The van der Waals surface area contributed by atoms with Crippen molar-refractivity contribution in [1.29, 1.82) is 0 Å². The molecule has 4 nitrogen and oxygen atoms in total. The van der Waals surface area contributed by atoms with Crippen LogP contribution in [0.1, 0.15) is 5.56 Å². The molecule has 16 heavy (non-hydrogen) atoms. The van der Waals surface area contributed by atoms with E-state index >= 15 is 0 Å². The van der Waals surface area contributed by atoms with E-state index < -0.39 is 0 Å². The maximum absolute atomic E-state index is 11.3. The number of nitrogens with one attached hydrogen (secondary N) is 2. The standard InChI is InChI=1S/C12H9N3O/c1-7-12(16)15-11(14-7)9-6-13-10-5-3-2-4-8(9)10/h2-6,14H,1H2,(H,15,16). The smallest absolute Gasteiger partial charge is 0.272 e. The summed E-state index contributed by atoms with van der Waals surface area (Å²) in [6.45, 7) is 3.61. The van der Waals surface area contributed by atoms with Crippen LogP contribution >= 0.6 is 0 Å². The second kappa shape index (κ2) is 3.06. The van der Waals surface area contributed by atoms with Crippen LogP contribution < -0.4 is 16.4 Å². The van der Waals surface area contributed by atoms with Crippen molar-refractivity contribution >= 4 is 24.1 Å². The predicted molar refractivity (Wildman–Crippen MR) is 63.3 cm³/mol.